The van der Waals surface area contributed by atoms with E-state index in [0.717, 1.165) is 6.54 Å². The lowest BCUT2D eigenvalue weighted by Gasteiger charge is -2.26. The van der Waals surface area contributed by atoms with E-state index in [1.807, 2.05) is 14.1 Å². The molecule has 0 fully saturated rings. The highest BCUT2D eigenvalue weighted by Gasteiger charge is 2.20. The third-order valence-corrected chi connectivity index (χ3v) is 2.30. The van der Waals surface area contributed by atoms with Crippen molar-refractivity contribution in [3.63, 3.8) is 0 Å². The number of aryl methyl sites for hydroxylation is 1. The number of aromatic nitrogens is 1. The average molecular weight is 223 g/mol. The van der Waals surface area contributed by atoms with Crippen molar-refractivity contribution in [1.29, 1.82) is 0 Å². The Morgan fingerprint density at radius 1 is 1.50 bits per heavy atom. The molecule has 2 N–H and O–H groups in total. The Labute approximate surface area is 97.0 Å². The minimum atomic E-state index is 0.00845. The van der Waals surface area contributed by atoms with Crippen molar-refractivity contribution in [2.45, 2.75) is 20.8 Å². The van der Waals surface area contributed by atoms with Crippen molar-refractivity contribution < 1.29 is 4.79 Å². The quantitative estimate of drug-likeness (QED) is 0.830. The van der Waals surface area contributed by atoms with Crippen LogP contribution in [0, 0.1) is 5.41 Å². The van der Waals surface area contributed by atoms with Crippen LogP contribution in [-0.2, 0) is 7.05 Å². The van der Waals surface area contributed by atoms with Gasteiger partial charge in [0.2, 0.25) is 0 Å². The molecule has 0 aliphatic heterocycles. The molecule has 0 aliphatic carbocycles. The maximum absolute atomic E-state index is 12.1. The molecular formula is C12H21N3O. The standard InChI is InChI=1S/C12H21N3O/c1-12(2,3)8-15(5)11(16)10-6-9(13)7-14(10)4/h6-7H,8,13H2,1-5H3. The Hall–Kier alpha value is -1.45. The van der Waals surface area contributed by atoms with Gasteiger partial charge in [-0.2, -0.15) is 0 Å². The molecule has 0 atom stereocenters. The molecule has 0 bridgehead atoms. The van der Waals surface area contributed by atoms with Crippen LogP contribution in [0.3, 0.4) is 0 Å². The van der Waals surface area contributed by atoms with Gasteiger partial charge in [-0.25, -0.2) is 0 Å². The van der Waals surface area contributed by atoms with Crippen LogP contribution in [0.4, 0.5) is 5.69 Å². The summed E-state index contributed by atoms with van der Waals surface area (Å²) >= 11 is 0. The molecule has 16 heavy (non-hydrogen) atoms. The Bertz CT molecular complexity index is 387. The van der Waals surface area contributed by atoms with Crippen LogP contribution >= 0.6 is 0 Å². The molecule has 4 heteroatoms. The van der Waals surface area contributed by atoms with E-state index >= 15 is 0 Å². The van der Waals surface area contributed by atoms with Crippen LogP contribution in [0.2, 0.25) is 0 Å². The predicted molar refractivity (Wildman–Crippen MR) is 66.2 cm³/mol. The summed E-state index contributed by atoms with van der Waals surface area (Å²) in [6.45, 7) is 7.04. The molecule has 1 aromatic rings. The summed E-state index contributed by atoms with van der Waals surface area (Å²) in [5.74, 6) is 0.00845. The van der Waals surface area contributed by atoms with Crippen LogP contribution in [0.1, 0.15) is 31.3 Å². The number of amides is 1. The van der Waals surface area contributed by atoms with Crippen LogP contribution in [0.25, 0.3) is 0 Å². The highest BCUT2D eigenvalue weighted by atomic mass is 16.2. The van der Waals surface area contributed by atoms with Gasteiger partial charge < -0.3 is 15.2 Å². The van der Waals surface area contributed by atoms with Gasteiger partial charge in [0.25, 0.3) is 5.91 Å². The van der Waals surface area contributed by atoms with Crippen LogP contribution in [0.5, 0.6) is 0 Å². The number of anilines is 1. The van der Waals surface area contributed by atoms with E-state index in [-0.39, 0.29) is 11.3 Å². The highest BCUT2D eigenvalue weighted by Crippen LogP contribution is 2.17. The summed E-state index contributed by atoms with van der Waals surface area (Å²) < 4.78 is 1.76. The number of carbonyl (C=O) groups is 1. The second-order valence-corrected chi connectivity index (χ2v) is 5.49. The molecule has 0 spiro atoms. The smallest absolute Gasteiger partial charge is 0.270 e. The zero-order valence-electron chi connectivity index (χ0n) is 10.7. The SMILES string of the molecule is CN(CC(C)(C)C)C(=O)c1cc(N)cn1C. The van der Waals surface area contributed by atoms with Crippen molar-refractivity contribution in [3.8, 4) is 0 Å². The van der Waals surface area contributed by atoms with Crippen molar-refractivity contribution in [3.05, 3.63) is 18.0 Å². The van der Waals surface area contributed by atoms with Crippen LogP contribution in [-0.4, -0.2) is 29.0 Å². The van der Waals surface area contributed by atoms with Gasteiger partial charge in [0, 0.05) is 26.8 Å². The molecule has 1 rings (SSSR count). The van der Waals surface area contributed by atoms with Gasteiger partial charge in [-0.05, 0) is 11.5 Å². The molecule has 1 heterocycles. The zero-order chi connectivity index (χ0) is 12.5. The number of hydrogen-bond donors (Lipinski definition) is 1. The van der Waals surface area contributed by atoms with E-state index < -0.39 is 0 Å². The number of nitrogen functional groups attached to an aromatic ring is 1. The van der Waals surface area contributed by atoms with Crippen LogP contribution in [0.15, 0.2) is 12.3 Å². The van der Waals surface area contributed by atoms with Gasteiger partial charge in [-0.15, -0.1) is 0 Å². The molecule has 0 aromatic carbocycles. The molecule has 0 saturated carbocycles. The highest BCUT2D eigenvalue weighted by molar-refractivity contribution is 5.93. The first-order valence-corrected chi connectivity index (χ1v) is 5.38. The summed E-state index contributed by atoms with van der Waals surface area (Å²) in [6, 6.07) is 1.71. The molecule has 1 aromatic heterocycles. The second kappa shape index (κ2) is 4.20. The lowest BCUT2D eigenvalue weighted by molar-refractivity contribution is 0.0736. The third-order valence-electron chi connectivity index (χ3n) is 2.30. The molecule has 0 saturated heterocycles. The molecule has 0 radical (unpaired) electrons. The van der Waals surface area contributed by atoms with Gasteiger partial charge in [0.05, 0.1) is 5.69 Å². The number of hydrogen-bond acceptors (Lipinski definition) is 2. The van der Waals surface area contributed by atoms with Gasteiger partial charge in [0.15, 0.2) is 0 Å². The first-order chi connectivity index (χ1) is 7.20. The van der Waals surface area contributed by atoms with Gasteiger partial charge in [0.1, 0.15) is 5.69 Å². The summed E-state index contributed by atoms with van der Waals surface area (Å²) in [5.41, 5.74) is 7.00. The normalized spacial score (nSPS) is 11.6. The monoisotopic (exact) mass is 223 g/mol. The predicted octanol–water partition coefficient (Wildman–Crippen LogP) is 1.73. The first kappa shape index (κ1) is 12.6. The lowest BCUT2D eigenvalue weighted by Crippen LogP contribution is -2.35. The molecule has 4 nitrogen and oxygen atoms in total. The number of nitrogens with two attached hydrogens (primary N) is 1. The average Bonchev–Trinajstić information content (AvgIpc) is 2.41. The summed E-state index contributed by atoms with van der Waals surface area (Å²) in [5, 5.41) is 0. The van der Waals surface area contributed by atoms with Gasteiger partial charge in [-0.3, -0.25) is 4.79 Å². The Morgan fingerprint density at radius 3 is 2.44 bits per heavy atom. The van der Waals surface area contributed by atoms with E-state index in [1.165, 1.54) is 0 Å². The zero-order valence-corrected chi connectivity index (χ0v) is 10.7. The summed E-state index contributed by atoms with van der Waals surface area (Å²) in [6.07, 6.45) is 1.75. The van der Waals surface area contributed by atoms with E-state index in [4.69, 9.17) is 5.73 Å². The molecule has 0 unspecified atom stereocenters. The molecular weight excluding hydrogens is 202 g/mol. The number of nitrogens with zero attached hydrogens (tertiary/aromatic N) is 2. The summed E-state index contributed by atoms with van der Waals surface area (Å²) in [7, 11) is 3.64. The van der Waals surface area contributed by atoms with E-state index in [2.05, 4.69) is 20.8 Å². The number of rotatable bonds is 2. The van der Waals surface area contributed by atoms with E-state index in [0.29, 0.717) is 11.4 Å². The van der Waals surface area contributed by atoms with Crippen molar-refractivity contribution in [2.75, 3.05) is 19.3 Å². The fraction of sp³-hybridized carbons (Fsp3) is 0.583. The maximum atomic E-state index is 12.1. The van der Waals surface area contributed by atoms with Crippen molar-refractivity contribution in [1.82, 2.24) is 9.47 Å². The van der Waals surface area contributed by atoms with Crippen molar-refractivity contribution >= 4 is 11.6 Å². The number of carbonyl (C=O) groups excluding carboxylic acids is 1. The first-order valence-electron chi connectivity index (χ1n) is 5.38. The fourth-order valence-electron chi connectivity index (χ4n) is 1.78. The molecule has 90 valence electrons. The lowest BCUT2D eigenvalue weighted by atomic mass is 9.96. The minimum absolute atomic E-state index is 0.00845. The van der Waals surface area contributed by atoms with Crippen molar-refractivity contribution in [2.24, 2.45) is 12.5 Å². The molecule has 0 aliphatic rings. The Morgan fingerprint density at radius 2 is 2.06 bits per heavy atom. The summed E-state index contributed by atoms with van der Waals surface area (Å²) in [4.78, 5) is 13.8. The largest absolute Gasteiger partial charge is 0.397 e. The second-order valence-electron chi connectivity index (χ2n) is 5.49. The minimum Gasteiger partial charge on any atom is -0.397 e. The van der Waals surface area contributed by atoms with E-state index in [9.17, 15) is 4.79 Å². The molecule has 1 amide bonds. The third kappa shape index (κ3) is 3.02. The van der Waals surface area contributed by atoms with Gasteiger partial charge >= 0.3 is 0 Å². The van der Waals surface area contributed by atoms with Gasteiger partial charge in [-0.1, -0.05) is 20.8 Å². The Kier molecular flexibility index (Phi) is 3.31. The van der Waals surface area contributed by atoms with Crippen LogP contribution < -0.4 is 5.73 Å². The Balaban J connectivity index is 2.82. The van der Waals surface area contributed by atoms with E-state index in [1.54, 1.807) is 21.7 Å². The topological polar surface area (TPSA) is 51.3 Å². The maximum Gasteiger partial charge on any atom is 0.270 e. The fourth-order valence-corrected chi connectivity index (χ4v) is 1.78.